The van der Waals surface area contributed by atoms with E-state index in [4.69, 9.17) is 4.74 Å². The minimum Gasteiger partial charge on any atom is -0.479 e. The third kappa shape index (κ3) is 13.2. The number of rotatable bonds is 12. The van der Waals surface area contributed by atoms with Gasteiger partial charge in [0.15, 0.2) is 0 Å². The Kier molecular flexibility index (Phi) is 15.0. The number of alkyl halides is 2. The molecule has 2 aromatic carbocycles. The van der Waals surface area contributed by atoms with E-state index in [2.05, 4.69) is 69.3 Å². The first-order valence-electron chi connectivity index (χ1n) is 14.9. The molecule has 7 nitrogen and oxygen atoms in total. The number of aryl methyl sites for hydroxylation is 1. The van der Waals surface area contributed by atoms with Crippen molar-refractivity contribution in [3.63, 3.8) is 0 Å². The molecule has 0 amide bonds. The maximum Gasteiger partial charge on any atom is 0.394 e. The molecule has 0 aromatic heterocycles. The molecule has 9 heteroatoms. The topological polar surface area (TPSA) is 78.7 Å². The Hall–Kier alpha value is -3.82. The number of nitrogens with one attached hydrogen (secondary N) is 1. The Bertz CT molecular complexity index is 1300. The lowest BCUT2D eigenvalue weighted by atomic mass is 10.1. The Balaban J connectivity index is 0.000000311. The first-order valence-corrected chi connectivity index (χ1v) is 14.9. The number of aliphatic imine (C=N–C) groups is 2. The number of piperidine rings is 1. The molecule has 0 bridgehead atoms. The second-order valence-electron chi connectivity index (χ2n) is 10.9. The molecule has 3 rings (SSSR count). The van der Waals surface area contributed by atoms with E-state index in [1.165, 1.54) is 30.4 Å². The number of halogens is 2. The Morgan fingerprint density at radius 1 is 1.11 bits per heavy atom. The van der Waals surface area contributed by atoms with Crippen LogP contribution in [0.3, 0.4) is 0 Å². The van der Waals surface area contributed by atoms with Gasteiger partial charge in [-0.3, -0.25) is 4.99 Å². The van der Waals surface area contributed by atoms with Crippen molar-refractivity contribution in [1.82, 2.24) is 10.2 Å². The molecule has 0 radical (unpaired) electrons. The van der Waals surface area contributed by atoms with E-state index < -0.39 is 6.11 Å². The summed E-state index contributed by atoms with van der Waals surface area (Å²) < 4.78 is 35.4. The second kappa shape index (κ2) is 18.1. The summed E-state index contributed by atoms with van der Waals surface area (Å²) >= 11 is 0. The van der Waals surface area contributed by atoms with Gasteiger partial charge in [0.1, 0.15) is 11.5 Å². The fourth-order valence-corrected chi connectivity index (χ4v) is 4.40. The first kappa shape index (κ1) is 36.4. The molecular weight excluding hydrogens is 562 g/mol. The van der Waals surface area contributed by atoms with Crippen LogP contribution in [-0.2, 0) is 11.2 Å². The van der Waals surface area contributed by atoms with Crippen molar-refractivity contribution in [1.29, 1.82) is 0 Å². The molecule has 2 aromatic rings. The molecule has 0 aliphatic carbocycles. The monoisotopic (exact) mass is 610 g/mol. The highest BCUT2D eigenvalue weighted by atomic mass is 19.3. The predicted octanol–water partition coefficient (Wildman–Crippen LogP) is 7.00. The highest BCUT2D eigenvalue weighted by Crippen LogP contribution is 2.24. The van der Waals surface area contributed by atoms with Crippen LogP contribution in [0.5, 0.6) is 5.75 Å². The number of allylic oxidation sites excluding steroid dienone is 1. The molecule has 44 heavy (non-hydrogen) atoms. The van der Waals surface area contributed by atoms with Gasteiger partial charge in [-0.25, -0.2) is 4.99 Å². The van der Waals surface area contributed by atoms with E-state index in [1.807, 2.05) is 19.9 Å². The van der Waals surface area contributed by atoms with Crippen LogP contribution in [-0.4, -0.2) is 74.2 Å². The van der Waals surface area contributed by atoms with Crippen LogP contribution in [0.4, 0.5) is 8.78 Å². The van der Waals surface area contributed by atoms with Gasteiger partial charge in [-0.05, 0) is 86.2 Å². The number of likely N-dealkylation sites (tertiary alicyclic amines) is 1. The van der Waals surface area contributed by atoms with E-state index in [-0.39, 0.29) is 11.9 Å². The average molecular weight is 611 g/mol. The van der Waals surface area contributed by atoms with Gasteiger partial charge in [-0.2, -0.15) is 8.78 Å². The summed E-state index contributed by atoms with van der Waals surface area (Å²) in [7, 11) is 3.14. The van der Waals surface area contributed by atoms with Crippen LogP contribution < -0.4 is 10.1 Å². The molecule has 240 valence electrons. The third-order valence-electron chi connectivity index (χ3n) is 6.81. The van der Waals surface area contributed by atoms with Gasteiger partial charge in [-0.1, -0.05) is 43.9 Å². The van der Waals surface area contributed by atoms with Crippen LogP contribution in [0.25, 0.3) is 11.4 Å². The average Bonchev–Trinajstić information content (AvgIpc) is 2.99. The second-order valence-corrected chi connectivity index (χ2v) is 10.9. The van der Waals surface area contributed by atoms with Gasteiger partial charge < -0.3 is 24.8 Å². The highest BCUT2D eigenvalue weighted by Gasteiger charge is 2.23. The normalized spacial score (nSPS) is 14.7. The van der Waals surface area contributed by atoms with Crippen molar-refractivity contribution < 1.29 is 23.4 Å². The van der Waals surface area contributed by atoms with Crippen LogP contribution in [0.1, 0.15) is 57.2 Å². The fraction of sp³-hybridized carbons (Fsp3) is 0.429. The van der Waals surface area contributed by atoms with E-state index in [0.717, 1.165) is 56.7 Å². The molecule has 1 fully saturated rings. The molecule has 0 unspecified atom stereocenters. The zero-order valence-corrected chi connectivity index (χ0v) is 27.0. The quantitative estimate of drug-likeness (QED) is 0.200. The standard InChI is InChI=1S/C18H22F2N2O2.C17H26N2O/c1-12(2)11-16(21-5)17(23-6)22-13(3)14-7-9-15(10-8-14)24-18(4,19)20;1-3-15-5-4-6-16(13-15)14(2)18-9-12-19-10-7-17(20)8-11-19/h7-11H,3H2,1-2,4-6H3;4-6,13,17-18,20H,2-3,7-12H2,1H3. The van der Waals surface area contributed by atoms with Crippen LogP contribution in [0, 0.1) is 0 Å². The lowest BCUT2D eigenvalue weighted by Gasteiger charge is -2.29. The minimum atomic E-state index is -3.23. The van der Waals surface area contributed by atoms with E-state index in [1.54, 1.807) is 19.2 Å². The maximum atomic E-state index is 12.8. The van der Waals surface area contributed by atoms with Crippen molar-refractivity contribution in [3.8, 4) is 5.75 Å². The number of nitrogens with zero attached hydrogens (tertiary/aromatic N) is 3. The lowest BCUT2D eigenvalue weighted by molar-refractivity contribution is -0.158. The van der Waals surface area contributed by atoms with Gasteiger partial charge >= 0.3 is 6.11 Å². The molecule has 1 aliphatic rings. The summed E-state index contributed by atoms with van der Waals surface area (Å²) in [5, 5.41) is 12.9. The fourth-order valence-electron chi connectivity index (χ4n) is 4.40. The molecule has 1 aliphatic heterocycles. The van der Waals surface area contributed by atoms with Gasteiger partial charge in [0.25, 0.3) is 0 Å². The van der Waals surface area contributed by atoms with Crippen molar-refractivity contribution in [2.75, 3.05) is 40.3 Å². The maximum absolute atomic E-state index is 12.8. The number of aliphatic hydroxyl groups is 1. The smallest absolute Gasteiger partial charge is 0.394 e. The van der Waals surface area contributed by atoms with E-state index in [0.29, 0.717) is 29.8 Å². The summed E-state index contributed by atoms with van der Waals surface area (Å²) in [4.78, 5) is 10.9. The molecule has 2 N–H and O–H groups in total. The summed E-state index contributed by atoms with van der Waals surface area (Å²) in [6.45, 7) is 18.7. The van der Waals surface area contributed by atoms with Crippen molar-refractivity contribution >= 4 is 23.0 Å². The van der Waals surface area contributed by atoms with Crippen molar-refractivity contribution in [2.24, 2.45) is 9.98 Å². The number of hydrogen-bond donors (Lipinski definition) is 2. The third-order valence-corrected chi connectivity index (χ3v) is 6.81. The summed E-state index contributed by atoms with van der Waals surface area (Å²) in [6, 6.07) is 14.6. The zero-order chi connectivity index (χ0) is 32.7. The molecule has 0 saturated carbocycles. The van der Waals surface area contributed by atoms with E-state index >= 15 is 0 Å². The van der Waals surface area contributed by atoms with Crippen LogP contribution >= 0.6 is 0 Å². The van der Waals surface area contributed by atoms with E-state index in [9.17, 15) is 13.9 Å². The summed E-state index contributed by atoms with van der Waals surface area (Å²) in [5.74, 6) is 0.388. The van der Waals surface area contributed by atoms with Crippen molar-refractivity contribution in [2.45, 2.75) is 59.2 Å². The Morgan fingerprint density at radius 2 is 1.77 bits per heavy atom. The van der Waals surface area contributed by atoms with Gasteiger partial charge in [0.2, 0.25) is 5.90 Å². The SMILES string of the molecule is C=C(N=C(OC)C(C=C(C)C)=NC)c1ccc(OC(C)(F)F)cc1.C=C(NCCN1CCC(O)CC1)c1cccc(CC)c1. The highest BCUT2D eigenvalue weighted by molar-refractivity contribution is 6.44. The molecule has 0 spiro atoms. The van der Waals surface area contributed by atoms with Gasteiger partial charge in [0, 0.05) is 45.8 Å². The minimum absolute atomic E-state index is 0.0651. The summed E-state index contributed by atoms with van der Waals surface area (Å²) in [5.41, 5.74) is 6.23. The molecule has 0 atom stereocenters. The lowest BCUT2D eigenvalue weighted by Crippen LogP contribution is -2.39. The molecule has 1 saturated heterocycles. The number of hydrogen-bond acceptors (Lipinski definition) is 7. The summed E-state index contributed by atoms with van der Waals surface area (Å²) in [6.07, 6.45) is 1.38. The predicted molar refractivity (Wildman–Crippen MR) is 178 cm³/mol. The zero-order valence-electron chi connectivity index (χ0n) is 27.0. The molecular formula is C35H48F2N4O3. The number of ether oxygens (including phenoxy) is 2. The van der Waals surface area contributed by atoms with Gasteiger partial charge in [0.05, 0.1) is 18.9 Å². The Morgan fingerprint density at radius 3 is 2.32 bits per heavy atom. The number of methoxy groups -OCH3 is 1. The molecule has 1 heterocycles. The van der Waals surface area contributed by atoms with Gasteiger partial charge in [-0.15, -0.1) is 0 Å². The Labute approximate surface area is 261 Å². The first-order chi connectivity index (χ1) is 20.8. The number of benzene rings is 2. The van der Waals surface area contributed by atoms with Crippen LogP contribution in [0.15, 0.2) is 83.3 Å². The van der Waals surface area contributed by atoms with Crippen LogP contribution in [0.2, 0.25) is 0 Å². The van der Waals surface area contributed by atoms with Crippen molar-refractivity contribution in [3.05, 3.63) is 90.0 Å². The largest absolute Gasteiger partial charge is 0.479 e. The number of aliphatic hydroxyl groups excluding tert-OH is 1.